The standard InChI is InChI=1S/C25H21N3/c1-17-8-7-11-20(14-17)27-25-26-16-19-15-23(18-9-3-2-4-10-18)21-12-5-6-13-22(21)24(19)28-25/h2-14,16,23H,15H2,1H3,(H,26,27,28). The van der Waals surface area contributed by atoms with Crippen LogP contribution >= 0.6 is 0 Å². The number of aromatic nitrogens is 2. The van der Waals surface area contributed by atoms with Crippen LogP contribution in [-0.2, 0) is 6.42 Å². The van der Waals surface area contributed by atoms with Crippen LogP contribution in [0.4, 0.5) is 11.6 Å². The summed E-state index contributed by atoms with van der Waals surface area (Å²) < 4.78 is 0. The Labute approximate surface area is 165 Å². The second kappa shape index (κ2) is 6.93. The van der Waals surface area contributed by atoms with Crippen LogP contribution in [0.25, 0.3) is 11.3 Å². The van der Waals surface area contributed by atoms with Crippen molar-refractivity contribution in [1.29, 1.82) is 0 Å². The molecule has 3 nitrogen and oxygen atoms in total. The van der Waals surface area contributed by atoms with E-state index in [4.69, 9.17) is 4.98 Å². The molecule has 0 spiro atoms. The maximum absolute atomic E-state index is 4.89. The number of aryl methyl sites for hydroxylation is 1. The van der Waals surface area contributed by atoms with Crippen LogP contribution in [0.5, 0.6) is 0 Å². The molecule has 0 amide bonds. The minimum atomic E-state index is 0.337. The summed E-state index contributed by atoms with van der Waals surface area (Å²) in [6, 6.07) is 27.6. The molecule has 0 saturated carbocycles. The molecule has 1 unspecified atom stereocenters. The van der Waals surface area contributed by atoms with E-state index in [9.17, 15) is 0 Å². The number of nitrogens with one attached hydrogen (secondary N) is 1. The largest absolute Gasteiger partial charge is 0.324 e. The average molecular weight is 363 g/mol. The maximum Gasteiger partial charge on any atom is 0.227 e. The molecule has 1 aliphatic carbocycles. The first kappa shape index (κ1) is 16.7. The molecule has 0 radical (unpaired) electrons. The summed E-state index contributed by atoms with van der Waals surface area (Å²) in [4.78, 5) is 9.48. The summed E-state index contributed by atoms with van der Waals surface area (Å²) in [6.45, 7) is 2.08. The lowest BCUT2D eigenvalue weighted by Crippen LogP contribution is -2.14. The Hall–Kier alpha value is -3.46. The van der Waals surface area contributed by atoms with Crippen molar-refractivity contribution >= 4 is 11.6 Å². The second-order valence-corrected chi connectivity index (χ2v) is 7.32. The average Bonchev–Trinajstić information content (AvgIpc) is 2.74. The van der Waals surface area contributed by atoms with E-state index in [0.717, 1.165) is 17.8 Å². The van der Waals surface area contributed by atoms with Crippen molar-refractivity contribution < 1.29 is 0 Å². The third kappa shape index (κ3) is 3.05. The fraction of sp³-hybridized carbons (Fsp3) is 0.120. The molecule has 3 heteroatoms. The monoisotopic (exact) mass is 363 g/mol. The molecule has 0 saturated heterocycles. The van der Waals surface area contributed by atoms with Crippen LogP contribution in [-0.4, -0.2) is 9.97 Å². The summed E-state index contributed by atoms with van der Waals surface area (Å²) in [5.41, 5.74) is 8.32. The predicted molar refractivity (Wildman–Crippen MR) is 114 cm³/mol. The van der Waals surface area contributed by atoms with Crippen molar-refractivity contribution in [2.45, 2.75) is 19.3 Å². The Balaban J connectivity index is 1.56. The molecule has 28 heavy (non-hydrogen) atoms. The van der Waals surface area contributed by atoms with Gasteiger partial charge in [0.25, 0.3) is 0 Å². The van der Waals surface area contributed by atoms with Crippen LogP contribution in [0.15, 0.2) is 85.1 Å². The quantitative estimate of drug-likeness (QED) is 0.494. The normalized spacial score (nSPS) is 14.8. The minimum Gasteiger partial charge on any atom is -0.324 e. The Morgan fingerprint density at radius 3 is 2.57 bits per heavy atom. The van der Waals surface area contributed by atoms with E-state index in [2.05, 4.69) is 84.0 Å². The smallest absolute Gasteiger partial charge is 0.227 e. The van der Waals surface area contributed by atoms with Crippen molar-refractivity contribution in [1.82, 2.24) is 9.97 Å². The van der Waals surface area contributed by atoms with Crippen molar-refractivity contribution in [2.75, 3.05) is 5.32 Å². The molecule has 5 rings (SSSR count). The molecular weight excluding hydrogens is 342 g/mol. The highest BCUT2D eigenvalue weighted by Crippen LogP contribution is 2.41. The molecule has 136 valence electrons. The topological polar surface area (TPSA) is 37.8 Å². The molecule has 3 aromatic carbocycles. The van der Waals surface area contributed by atoms with E-state index in [1.165, 1.54) is 27.8 Å². The Morgan fingerprint density at radius 2 is 1.71 bits per heavy atom. The van der Waals surface area contributed by atoms with E-state index >= 15 is 0 Å². The van der Waals surface area contributed by atoms with Crippen molar-refractivity contribution in [3.8, 4) is 11.3 Å². The first-order valence-corrected chi connectivity index (χ1v) is 9.62. The van der Waals surface area contributed by atoms with E-state index in [-0.39, 0.29) is 0 Å². The van der Waals surface area contributed by atoms with Crippen molar-refractivity contribution in [3.63, 3.8) is 0 Å². The van der Waals surface area contributed by atoms with Crippen LogP contribution in [0.1, 0.15) is 28.2 Å². The Bertz CT molecular complexity index is 1140. The van der Waals surface area contributed by atoms with Gasteiger partial charge in [0.05, 0.1) is 5.69 Å². The van der Waals surface area contributed by atoms with Gasteiger partial charge >= 0.3 is 0 Å². The number of fused-ring (bicyclic) bond motifs is 3. The van der Waals surface area contributed by atoms with Crippen LogP contribution in [0.2, 0.25) is 0 Å². The zero-order chi connectivity index (χ0) is 18.9. The summed E-state index contributed by atoms with van der Waals surface area (Å²) in [7, 11) is 0. The molecule has 1 N–H and O–H groups in total. The first-order valence-electron chi connectivity index (χ1n) is 9.62. The van der Waals surface area contributed by atoms with Gasteiger partial charge in [-0.3, -0.25) is 0 Å². The Morgan fingerprint density at radius 1 is 0.893 bits per heavy atom. The first-order chi connectivity index (χ1) is 13.8. The molecule has 0 fully saturated rings. The number of hydrogen-bond acceptors (Lipinski definition) is 3. The van der Waals surface area contributed by atoms with Crippen LogP contribution < -0.4 is 5.32 Å². The highest BCUT2D eigenvalue weighted by atomic mass is 15.1. The van der Waals surface area contributed by atoms with Crippen molar-refractivity contribution in [3.05, 3.63) is 107 Å². The van der Waals surface area contributed by atoms with E-state index in [0.29, 0.717) is 11.9 Å². The minimum absolute atomic E-state index is 0.337. The number of benzene rings is 3. The van der Waals surface area contributed by atoms with Gasteiger partial charge in [0.15, 0.2) is 0 Å². The second-order valence-electron chi connectivity index (χ2n) is 7.32. The summed E-state index contributed by atoms with van der Waals surface area (Å²) in [6.07, 6.45) is 2.90. The highest BCUT2D eigenvalue weighted by molar-refractivity contribution is 5.73. The lowest BCUT2D eigenvalue weighted by atomic mass is 9.78. The Kier molecular flexibility index (Phi) is 4.13. The van der Waals surface area contributed by atoms with E-state index in [1.807, 2.05) is 18.3 Å². The fourth-order valence-corrected chi connectivity index (χ4v) is 4.03. The third-order valence-corrected chi connectivity index (χ3v) is 5.36. The van der Waals surface area contributed by atoms with E-state index < -0.39 is 0 Å². The molecule has 0 bridgehead atoms. The van der Waals surface area contributed by atoms with Gasteiger partial charge in [-0.15, -0.1) is 0 Å². The van der Waals surface area contributed by atoms with Gasteiger partial charge in [-0.25, -0.2) is 9.97 Å². The molecule has 0 aliphatic heterocycles. The van der Waals surface area contributed by atoms with Gasteiger partial charge in [-0.2, -0.15) is 0 Å². The molecule has 1 heterocycles. The number of hydrogen-bond donors (Lipinski definition) is 1. The summed E-state index contributed by atoms with van der Waals surface area (Å²) >= 11 is 0. The molecular formula is C25H21N3. The van der Waals surface area contributed by atoms with Gasteiger partial charge in [0.2, 0.25) is 5.95 Å². The highest BCUT2D eigenvalue weighted by Gasteiger charge is 2.27. The number of rotatable bonds is 3. The van der Waals surface area contributed by atoms with Gasteiger partial charge in [-0.05, 0) is 47.7 Å². The molecule has 1 atom stereocenters. The lowest BCUT2D eigenvalue weighted by Gasteiger charge is -2.27. The van der Waals surface area contributed by atoms with Gasteiger partial charge in [0, 0.05) is 23.4 Å². The number of anilines is 2. The SMILES string of the molecule is Cc1cccc(Nc2ncc3c(n2)-c2ccccc2C(c2ccccc2)C3)c1. The summed E-state index contributed by atoms with van der Waals surface area (Å²) in [5, 5.41) is 3.35. The van der Waals surface area contributed by atoms with E-state index in [1.54, 1.807) is 0 Å². The maximum atomic E-state index is 4.89. The van der Waals surface area contributed by atoms with Crippen LogP contribution in [0.3, 0.4) is 0 Å². The van der Waals surface area contributed by atoms with Crippen LogP contribution in [0, 0.1) is 6.92 Å². The van der Waals surface area contributed by atoms with Gasteiger partial charge < -0.3 is 5.32 Å². The lowest BCUT2D eigenvalue weighted by molar-refractivity contribution is 0.782. The molecule has 1 aromatic heterocycles. The fourth-order valence-electron chi connectivity index (χ4n) is 4.03. The molecule has 1 aliphatic rings. The predicted octanol–water partition coefficient (Wildman–Crippen LogP) is 5.88. The van der Waals surface area contributed by atoms with Crippen molar-refractivity contribution in [2.24, 2.45) is 0 Å². The third-order valence-electron chi connectivity index (χ3n) is 5.36. The zero-order valence-corrected chi connectivity index (χ0v) is 15.8. The van der Waals surface area contributed by atoms with Gasteiger partial charge in [-0.1, -0.05) is 66.7 Å². The van der Waals surface area contributed by atoms with Gasteiger partial charge in [0.1, 0.15) is 0 Å². The summed E-state index contributed by atoms with van der Waals surface area (Å²) in [5.74, 6) is 0.974. The number of nitrogens with zero attached hydrogens (tertiary/aromatic N) is 2. The molecule has 4 aromatic rings. The zero-order valence-electron chi connectivity index (χ0n) is 15.8.